The largest absolute Gasteiger partial charge is 0.497 e. The maximum absolute atomic E-state index is 12.9. The van der Waals surface area contributed by atoms with Gasteiger partial charge in [-0.05, 0) is 37.1 Å². The molecule has 1 atom stereocenters. The number of carbonyl (C=O) groups excluding carboxylic acids is 1. The third-order valence-electron chi connectivity index (χ3n) is 4.31. The first-order valence-corrected chi connectivity index (χ1v) is 8.61. The molecule has 1 aliphatic heterocycles. The van der Waals surface area contributed by atoms with Crippen molar-refractivity contribution in [2.75, 3.05) is 32.7 Å². The molecule has 0 aliphatic carbocycles. The van der Waals surface area contributed by atoms with Crippen molar-refractivity contribution in [1.82, 2.24) is 4.90 Å². The fourth-order valence-corrected chi connectivity index (χ4v) is 2.94. The maximum Gasteiger partial charge on any atom is 0.322 e. The zero-order chi connectivity index (χ0) is 18.4. The number of carbonyl (C=O) groups is 1. The van der Waals surface area contributed by atoms with E-state index in [1.54, 1.807) is 43.6 Å². The third kappa shape index (κ3) is 4.49. The minimum Gasteiger partial charge on any atom is -0.497 e. The summed E-state index contributed by atoms with van der Waals surface area (Å²) in [5.74, 6) is 1.92. The second kappa shape index (κ2) is 8.62. The Morgan fingerprint density at radius 1 is 1.31 bits per heavy atom. The highest BCUT2D eigenvalue weighted by atomic mass is 16.5. The van der Waals surface area contributed by atoms with Crippen LogP contribution in [-0.4, -0.2) is 44.4 Å². The van der Waals surface area contributed by atoms with Crippen LogP contribution in [0.4, 0.5) is 10.5 Å². The first-order chi connectivity index (χ1) is 12.7. The second-order valence-corrected chi connectivity index (χ2v) is 6.09. The van der Waals surface area contributed by atoms with E-state index in [1.807, 2.05) is 12.1 Å². The van der Waals surface area contributed by atoms with Crippen molar-refractivity contribution in [3.8, 4) is 11.5 Å². The van der Waals surface area contributed by atoms with Gasteiger partial charge < -0.3 is 28.8 Å². The summed E-state index contributed by atoms with van der Waals surface area (Å²) in [7, 11) is 3.14. The van der Waals surface area contributed by atoms with Crippen LogP contribution in [0.3, 0.4) is 0 Å². The Balaban J connectivity index is 1.73. The fourth-order valence-electron chi connectivity index (χ4n) is 2.94. The van der Waals surface area contributed by atoms with Gasteiger partial charge in [-0.2, -0.15) is 0 Å². The average Bonchev–Trinajstić information content (AvgIpc) is 3.35. The molecule has 1 fully saturated rings. The number of nitrogens with zero attached hydrogens (tertiary/aromatic N) is 1. The molecule has 0 radical (unpaired) electrons. The fraction of sp³-hybridized carbons (Fsp3) is 0.421. The van der Waals surface area contributed by atoms with Crippen LogP contribution in [0.15, 0.2) is 41.0 Å². The van der Waals surface area contributed by atoms with Crippen LogP contribution in [0.25, 0.3) is 0 Å². The van der Waals surface area contributed by atoms with Crippen molar-refractivity contribution in [2.45, 2.75) is 25.5 Å². The number of anilines is 1. The van der Waals surface area contributed by atoms with Crippen LogP contribution in [0.1, 0.15) is 18.6 Å². The Bertz CT molecular complexity index is 711. The molecular weight excluding hydrogens is 336 g/mol. The van der Waals surface area contributed by atoms with E-state index in [9.17, 15) is 4.79 Å². The number of urea groups is 1. The molecule has 3 rings (SSSR count). The van der Waals surface area contributed by atoms with Gasteiger partial charge in [-0.25, -0.2) is 4.79 Å². The quantitative estimate of drug-likeness (QED) is 0.818. The molecule has 1 unspecified atom stereocenters. The van der Waals surface area contributed by atoms with E-state index in [0.29, 0.717) is 30.3 Å². The topological polar surface area (TPSA) is 73.2 Å². The molecule has 2 aromatic rings. The lowest BCUT2D eigenvalue weighted by atomic mass is 10.2. The number of furan rings is 1. The molecule has 7 nitrogen and oxygen atoms in total. The highest BCUT2D eigenvalue weighted by molar-refractivity contribution is 5.91. The summed E-state index contributed by atoms with van der Waals surface area (Å²) in [5, 5.41) is 2.91. The standard InChI is InChI=1S/C19H24N2O5/c1-23-14-7-8-17(18(11-14)24-2)20-19(22)21(12-15-5-3-9-25-15)13-16-6-4-10-26-16/h3,5,7-9,11,16H,4,6,10,12-13H2,1-2H3,(H,20,22). The Morgan fingerprint density at radius 2 is 2.19 bits per heavy atom. The summed E-state index contributed by atoms with van der Waals surface area (Å²) >= 11 is 0. The maximum atomic E-state index is 12.9. The van der Waals surface area contributed by atoms with Crippen molar-refractivity contribution in [3.63, 3.8) is 0 Å². The van der Waals surface area contributed by atoms with Crippen molar-refractivity contribution in [1.29, 1.82) is 0 Å². The van der Waals surface area contributed by atoms with Gasteiger partial charge in [0.25, 0.3) is 0 Å². The molecule has 2 heterocycles. The van der Waals surface area contributed by atoms with Gasteiger partial charge in [-0.1, -0.05) is 0 Å². The number of hydrogen-bond acceptors (Lipinski definition) is 5. The summed E-state index contributed by atoms with van der Waals surface area (Å²) in [6, 6.07) is 8.68. The van der Waals surface area contributed by atoms with Crippen LogP contribution >= 0.6 is 0 Å². The summed E-state index contributed by atoms with van der Waals surface area (Å²) in [4.78, 5) is 14.6. The van der Waals surface area contributed by atoms with Crippen LogP contribution < -0.4 is 14.8 Å². The van der Waals surface area contributed by atoms with Gasteiger partial charge >= 0.3 is 6.03 Å². The van der Waals surface area contributed by atoms with Crippen molar-refractivity contribution < 1.29 is 23.4 Å². The normalized spacial score (nSPS) is 16.3. The van der Waals surface area contributed by atoms with Gasteiger partial charge in [-0.3, -0.25) is 0 Å². The number of amides is 2. The van der Waals surface area contributed by atoms with Gasteiger partial charge in [0.1, 0.15) is 17.3 Å². The molecule has 1 aromatic heterocycles. The first kappa shape index (κ1) is 18.1. The number of rotatable bonds is 7. The molecule has 2 amide bonds. The van der Waals surface area contributed by atoms with Crippen LogP contribution in [0, 0.1) is 0 Å². The van der Waals surface area contributed by atoms with Gasteiger partial charge in [0.2, 0.25) is 0 Å². The predicted molar refractivity (Wildman–Crippen MR) is 96.7 cm³/mol. The van der Waals surface area contributed by atoms with Crippen LogP contribution in [0.2, 0.25) is 0 Å². The minimum absolute atomic E-state index is 0.0495. The molecular formula is C19H24N2O5. The molecule has 26 heavy (non-hydrogen) atoms. The number of ether oxygens (including phenoxy) is 3. The van der Waals surface area contributed by atoms with E-state index in [1.165, 1.54) is 0 Å². The lowest BCUT2D eigenvalue weighted by Crippen LogP contribution is -2.39. The monoisotopic (exact) mass is 360 g/mol. The first-order valence-electron chi connectivity index (χ1n) is 8.61. The second-order valence-electron chi connectivity index (χ2n) is 6.09. The minimum atomic E-state index is -0.236. The number of methoxy groups -OCH3 is 2. The smallest absolute Gasteiger partial charge is 0.322 e. The zero-order valence-electron chi connectivity index (χ0n) is 15.1. The SMILES string of the molecule is COc1ccc(NC(=O)N(Cc2ccco2)CC2CCCO2)c(OC)c1. The van der Waals surface area contributed by atoms with E-state index >= 15 is 0 Å². The number of nitrogens with one attached hydrogen (secondary N) is 1. The molecule has 1 aromatic carbocycles. The Kier molecular flexibility index (Phi) is 6.01. The molecule has 1 N–H and O–H groups in total. The van der Waals surface area contributed by atoms with Crippen molar-refractivity contribution in [2.24, 2.45) is 0 Å². The lowest BCUT2D eigenvalue weighted by Gasteiger charge is -2.25. The molecule has 1 saturated heterocycles. The van der Waals surface area contributed by atoms with Crippen LogP contribution in [0.5, 0.6) is 11.5 Å². The third-order valence-corrected chi connectivity index (χ3v) is 4.31. The van der Waals surface area contributed by atoms with E-state index in [0.717, 1.165) is 25.2 Å². The number of hydrogen-bond donors (Lipinski definition) is 1. The average molecular weight is 360 g/mol. The highest BCUT2D eigenvalue weighted by Gasteiger charge is 2.24. The molecule has 140 valence electrons. The van der Waals surface area contributed by atoms with Gasteiger partial charge in [0.05, 0.1) is 38.8 Å². The van der Waals surface area contributed by atoms with Gasteiger partial charge in [0, 0.05) is 19.2 Å². The van der Waals surface area contributed by atoms with Crippen LogP contribution in [-0.2, 0) is 11.3 Å². The molecule has 1 aliphatic rings. The van der Waals surface area contributed by atoms with Crippen molar-refractivity contribution >= 4 is 11.7 Å². The molecule has 0 saturated carbocycles. The Labute approximate surface area is 152 Å². The van der Waals surface area contributed by atoms with Gasteiger partial charge in [-0.15, -0.1) is 0 Å². The van der Waals surface area contributed by atoms with E-state index in [4.69, 9.17) is 18.6 Å². The summed E-state index contributed by atoms with van der Waals surface area (Å²) in [6.45, 7) is 1.62. The van der Waals surface area contributed by atoms with E-state index in [2.05, 4.69) is 5.32 Å². The van der Waals surface area contributed by atoms with Crippen molar-refractivity contribution in [3.05, 3.63) is 42.4 Å². The Hall–Kier alpha value is -2.67. The lowest BCUT2D eigenvalue weighted by molar-refractivity contribution is 0.0803. The molecule has 0 bridgehead atoms. The van der Waals surface area contributed by atoms with Gasteiger partial charge in [0.15, 0.2) is 0 Å². The predicted octanol–water partition coefficient (Wildman–Crippen LogP) is 3.51. The summed E-state index contributed by atoms with van der Waals surface area (Å²) < 4.78 is 21.6. The summed E-state index contributed by atoms with van der Waals surface area (Å²) in [5.41, 5.74) is 0.579. The van der Waals surface area contributed by atoms with E-state index < -0.39 is 0 Å². The summed E-state index contributed by atoms with van der Waals surface area (Å²) in [6.07, 6.45) is 3.62. The van der Waals surface area contributed by atoms with E-state index in [-0.39, 0.29) is 12.1 Å². The molecule has 7 heteroatoms. The Morgan fingerprint density at radius 3 is 2.85 bits per heavy atom. The highest BCUT2D eigenvalue weighted by Crippen LogP contribution is 2.29. The molecule has 0 spiro atoms. The zero-order valence-corrected chi connectivity index (χ0v) is 15.1. The number of benzene rings is 1.